The van der Waals surface area contributed by atoms with Crippen molar-refractivity contribution in [3.63, 3.8) is 0 Å². The third-order valence-corrected chi connectivity index (χ3v) is 6.88. The van der Waals surface area contributed by atoms with Crippen LogP contribution in [0.3, 0.4) is 0 Å². The van der Waals surface area contributed by atoms with Crippen molar-refractivity contribution in [3.8, 4) is 17.3 Å². The highest BCUT2D eigenvalue weighted by molar-refractivity contribution is 6.32. The van der Waals surface area contributed by atoms with Gasteiger partial charge in [-0.1, -0.05) is 47.5 Å². The Bertz CT molecular complexity index is 1910. The first kappa shape index (κ1) is 23.3. The van der Waals surface area contributed by atoms with Gasteiger partial charge in [0.1, 0.15) is 5.58 Å². The standard InChI is InChI=1S/C29H20Cl2N4O2/c1-17-13-20(18(2)34(17)25-10-6-4-8-23(25)31)16-32-35-28(33-24-9-5-3-7-22(24)29(35)36)27-15-19-14-21(30)11-12-26(19)37-27/h3-16H,1-2H3. The highest BCUT2D eigenvalue weighted by Crippen LogP contribution is 2.29. The molecule has 0 N–H and O–H groups in total. The molecule has 0 aliphatic rings. The fourth-order valence-electron chi connectivity index (χ4n) is 4.56. The van der Waals surface area contributed by atoms with E-state index in [-0.39, 0.29) is 5.56 Å². The average molecular weight is 527 g/mol. The number of aryl methyl sites for hydroxylation is 1. The minimum absolute atomic E-state index is 0.296. The molecule has 182 valence electrons. The predicted octanol–water partition coefficient (Wildman–Crippen LogP) is 7.41. The maximum atomic E-state index is 13.6. The average Bonchev–Trinajstić information content (AvgIpc) is 3.43. The van der Waals surface area contributed by atoms with Gasteiger partial charge < -0.3 is 8.98 Å². The molecular weight excluding hydrogens is 507 g/mol. The fraction of sp³-hybridized carbons (Fsp3) is 0.0690. The van der Waals surface area contributed by atoms with Gasteiger partial charge in [-0.3, -0.25) is 4.79 Å². The predicted molar refractivity (Wildman–Crippen MR) is 149 cm³/mol. The molecule has 3 heterocycles. The fourth-order valence-corrected chi connectivity index (χ4v) is 4.96. The first-order valence-corrected chi connectivity index (χ1v) is 12.4. The molecule has 0 amide bonds. The Hall–Kier alpha value is -4.13. The number of nitrogens with zero attached hydrogens (tertiary/aromatic N) is 4. The molecule has 0 saturated carbocycles. The zero-order valence-electron chi connectivity index (χ0n) is 19.9. The number of halogens is 2. The van der Waals surface area contributed by atoms with Crippen LogP contribution < -0.4 is 5.56 Å². The van der Waals surface area contributed by atoms with Crippen molar-refractivity contribution in [2.45, 2.75) is 13.8 Å². The van der Waals surface area contributed by atoms with E-state index >= 15 is 0 Å². The van der Waals surface area contributed by atoms with Gasteiger partial charge in [-0.05, 0) is 68.4 Å². The largest absolute Gasteiger partial charge is 0.453 e. The number of benzene rings is 3. The molecule has 6 aromatic rings. The van der Waals surface area contributed by atoms with E-state index in [9.17, 15) is 4.79 Å². The Balaban J connectivity index is 1.53. The van der Waals surface area contributed by atoms with Crippen molar-refractivity contribution in [1.29, 1.82) is 0 Å². The Labute approximate surface area is 222 Å². The van der Waals surface area contributed by atoms with Crippen LogP contribution >= 0.6 is 23.2 Å². The van der Waals surface area contributed by atoms with Crippen molar-refractivity contribution < 1.29 is 4.42 Å². The van der Waals surface area contributed by atoms with Gasteiger partial charge in [-0.2, -0.15) is 9.78 Å². The first-order chi connectivity index (χ1) is 17.9. The minimum Gasteiger partial charge on any atom is -0.453 e. The van der Waals surface area contributed by atoms with Gasteiger partial charge in [-0.15, -0.1) is 0 Å². The molecule has 0 unspecified atom stereocenters. The number of para-hydroxylation sites is 2. The molecule has 0 atom stereocenters. The SMILES string of the molecule is Cc1cc(C=Nn2c(-c3cc4cc(Cl)ccc4o3)nc3ccccc3c2=O)c(C)n1-c1ccccc1Cl. The Kier molecular flexibility index (Phi) is 5.71. The van der Waals surface area contributed by atoms with Crippen molar-refractivity contribution >= 4 is 51.3 Å². The second-order valence-corrected chi connectivity index (χ2v) is 9.56. The molecule has 0 fully saturated rings. The third kappa shape index (κ3) is 4.04. The lowest BCUT2D eigenvalue weighted by Gasteiger charge is -2.11. The van der Waals surface area contributed by atoms with E-state index in [0.717, 1.165) is 28.0 Å². The second kappa shape index (κ2) is 9.07. The van der Waals surface area contributed by atoms with Crippen LogP contribution in [0.1, 0.15) is 17.0 Å². The lowest BCUT2D eigenvalue weighted by atomic mass is 10.2. The van der Waals surface area contributed by atoms with Crippen LogP contribution in [0, 0.1) is 13.8 Å². The highest BCUT2D eigenvalue weighted by Gasteiger charge is 2.17. The molecule has 0 spiro atoms. The first-order valence-electron chi connectivity index (χ1n) is 11.6. The molecule has 0 saturated heterocycles. The summed E-state index contributed by atoms with van der Waals surface area (Å²) in [6.45, 7) is 3.99. The summed E-state index contributed by atoms with van der Waals surface area (Å²) in [6, 6.07) is 24.0. The van der Waals surface area contributed by atoms with Gasteiger partial charge in [0, 0.05) is 27.4 Å². The number of hydrogen-bond donors (Lipinski definition) is 0. The van der Waals surface area contributed by atoms with Crippen molar-refractivity contribution in [1.82, 2.24) is 14.2 Å². The minimum atomic E-state index is -0.296. The van der Waals surface area contributed by atoms with Gasteiger partial charge >= 0.3 is 0 Å². The third-order valence-electron chi connectivity index (χ3n) is 6.33. The van der Waals surface area contributed by atoms with E-state index in [1.54, 1.807) is 42.6 Å². The number of hydrogen-bond acceptors (Lipinski definition) is 4. The number of fused-ring (bicyclic) bond motifs is 2. The van der Waals surface area contributed by atoms with Crippen molar-refractivity contribution in [2.75, 3.05) is 0 Å². The molecular formula is C29H20Cl2N4O2. The Morgan fingerprint density at radius 1 is 0.946 bits per heavy atom. The zero-order chi connectivity index (χ0) is 25.7. The zero-order valence-corrected chi connectivity index (χ0v) is 21.5. The molecule has 0 aliphatic heterocycles. The topological polar surface area (TPSA) is 65.3 Å². The van der Waals surface area contributed by atoms with E-state index < -0.39 is 0 Å². The molecule has 6 rings (SSSR count). The quantitative estimate of drug-likeness (QED) is 0.224. The maximum Gasteiger partial charge on any atom is 0.282 e. The number of furan rings is 1. The van der Waals surface area contributed by atoms with E-state index in [4.69, 9.17) is 32.6 Å². The van der Waals surface area contributed by atoms with Gasteiger partial charge in [0.2, 0.25) is 5.82 Å². The highest BCUT2D eigenvalue weighted by atomic mass is 35.5. The van der Waals surface area contributed by atoms with E-state index in [2.05, 4.69) is 9.67 Å². The molecule has 3 aromatic heterocycles. The normalized spacial score (nSPS) is 11.8. The van der Waals surface area contributed by atoms with Gasteiger partial charge in [0.15, 0.2) is 5.76 Å². The Morgan fingerprint density at radius 3 is 2.57 bits per heavy atom. The van der Waals surface area contributed by atoms with Crippen LogP contribution in [0.2, 0.25) is 10.0 Å². The summed E-state index contributed by atoms with van der Waals surface area (Å²) < 4.78 is 9.40. The molecule has 6 nitrogen and oxygen atoms in total. The second-order valence-electron chi connectivity index (χ2n) is 8.72. The van der Waals surface area contributed by atoms with Gasteiger partial charge in [-0.25, -0.2) is 4.98 Å². The van der Waals surface area contributed by atoms with Crippen LogP contribution in [0.5, 0.6) is 0 Å². The smallest absolute Gasteiger partial charge is 0.282 e. The Morgan fingerprint density at radius 2 is 1.73 bits per heavy atom. The van der Waals surface area contributed by atoms with E-state index in [1.165, 1.54) is 4.68 Å². The van der Waals surface area contributed by atoms with Crippen LogP contribution in [-0.4, -0.2) is 20.4 Å². The lowest BCUT2D eigenvalue weighted by Crippen LogP contribution is -2.20. The van der Waals surface area contributed by atoms with E-state index in [1.807, 2.05) is 56.3 Å². The molecule has 3 aromatic carbocycles. The van der Waals surface area contributed by atoms with Crippen LogP contribution in [0.4, 0.5) is 0 Å². The van der Waals surface area contributed by atoms with Crippen molar-refractivity contribution in [3.05, 3.63) is 116 Å². The van der Waals surface area contributed by atoms with Crippen LogP contribution in [0.25, 0.3) is 39.1 Å². The maximum absolute atomic E-state index is 13.6. The molecule has 0 aliphatic carbocycles. The van der Waals surface area contributed by atoms with Crippen LogP contribution in [-0.2, 0) is 0 Å². The summed E-state index contributed by atoms with van der Waals surface area (Å²) in [5.41, 5.74) is 4.56. The summed E-state index contributed by atoms with van der Waals surface area (Å²) in [6.07, 6.45) is 1.66. The van der Waals surface area contributed by atoms with Crippen LogP contribution in [0.15, 0.2) is 93.2 Å². The summed E-state index contributed by atoms with van der Waals surface area (Å²) in [5.74, 6) is 0.714. The summed E-state index contributed by atoms with van der Waals surface area (Å²) in [4.78, 5) is 18.3. The summed E-state index contributed by atoms with van der Waals surface area (Å²) in [7, 11) is 0. The van der Waals surface area contributed by atoms with E-state index in [0.29, 0.717) is 38.1 Å². The number of rotatable bonds is 4. The lowest BCUT2D eigenvalue weighted by molar-refractivity contribution is 0.616. The summed E-state index contributed by atoms with van der Waals surface area (Å²) >= 11 is 12.6. The summed E-state index contributed by atoms with van der Waals surface area (Å²) in [5, 5.41) is 7.12. The number of aromatic nitrogens is 3. The molecule has 37 heavy (non-hydrogen) atoms. The van der Waals surface area contributed by atoms with Gasteiger partial charge in [0.25, 0.3) is 5.56 Å². The molecule has 0 radical (unpaired) electrons. The molecule has 0 bridgehead atoms. The monoisotopic (exact) mass is 526 g/mol. The van der Waals surface area contributed by atoms with Crippen molar-refractivity contribution in [2.24, 2.45) is 5.10 Å². The van der Waals surface area contributed by atoms with Gasteiger partial charge in [0.05, 0.1) is 27.8 Å². The molecule has 8 heteroatoms.